The molecule has 0 saturated carbocycles. The topological polar surface area (TPSA) is 84.7 Å². The number of hydrogen-bond acceptors (Lipinski definition) is 5. The lowest BCUT2D eigenvalue weighted by Gasteiger charge is -2.32. The van der Waals surface area contributed by atoms with Crippen molar-refractivity contribution in [3.63, 3.8) is 0 Å². The van der Waals surface area contributed by atoms with Crippen molar-refractivity contribution in [3.05, 3.63) is 46.8 Å². The molecular formula is C22H29N3O4. The van der Waals surface area contributed by atoms with Gasteiger partial charge in [-0.3, -0.25) is 9.59 Å². The molecule has 29 heavy (non-hydrogen) atoms. The fourth-order valence-electron chi connectivity index (χ4n) is 3.57. The molecule has 1 aliphatic heterocycles. The van der Waals surface area contributed by atoms with Crippen LogP contribution in [0, 0.1) is 19.8 Å². The lowest BCUT2D eigenvalue weighted by Crippen LogP contribution is -2.45. The van der Waals surface area contributed by atoms with Gasteiger partial charge in [0.05, 0.1) is 22.7 Å². The number of ether oxygens (including phenoxy) is 1. The van der Waals surface area contributed by atoms with Crippen LogP contribution in [0.15, 0.2) is 28.8 Å². The van der Waals surface area contributed by atoms with Gasteiger partial charge in [-0.15, -0.1) is 0 Å². The fraction of sp³-hybridized carbons (Fsp3) is 0.500. The molecule has 2 amide bonds. The lowest BCUT2D eigenvalue weighted by atomic mass is 9.96. The first-order chi connectivity index (χ1) is 14.0. The summed E-state index contributed by atoms with van der Waals surface area (Å²) in [6.45, 7) is 7.77. The Balaban J connectivity index is 1.70. The van der Waals surface area contributed by atoms with E-state index in [2.05, 4.69) is 10.5 Å². The lowest BCUT2D eigenvalue weighted by molar-refractivity contribution is -0.126. The summed E-state index contributed by atoms with van der Waals surface area (Å²) in [5.41, 5.74) is 2.18. The largest absolute Gasteiger partial charge is 0.488 e. The summed E-state index contributed by atoms with van der Waals surface area (Å²) < 4.78 is 11.1. The maximum absolute atomic E-state index is 13.2. The highest BCUT2D eigenvalue weighted by Gasteiger charge is 2.29. The predicted octanol–water partition coefficient (Wildman–Crippen LogP) is 3.25. The Hall–Kier alpha value is -2.83. The van der Waals surface area contributed by atoms with Gasteiger partial charge in [-0.05, 0) is 45.2 Å². The molecule has 2 aromatic rings. The zero-order valence-electron chi connectivity index (χ0n) is 17.4. The highest BCUT2D eigenvalue weighted by Crippen LogP contribution is 2.25. The average molecular weight is 399 g/mol. The summed E-state index contributed by atoms with van der Waals surface area (Å²) in [5, 5.41) is 6.88. The number of carbonyl (C=O) groups excluding carboxylic acids is 2. The van der Waals surface area contributed by atoms with Crippen LogP contribution in [0.4, 0.5) is 0 Å². The van der Waals surface area contributed by atoms with E-state index < -0.39 is 0 Å². The Labute approximate surface area is 171 Å². The van der Waals surface area contributed by atoms with Crippen LogP contribution in [0.3, 0.4) is 0 Å². The van der Waals surface area contributed by atoms with Crippen molar-refractivity contribution in [1.29, 1.82) is 0 Å². The van der Waals surface area contributed by atoms with Crippen LogP contribution in [0.5, 0.6) is 5.75 Å². The second kappa shape index (κ2) is 9.58. The maximum atomic E-state index is 13.2. The first kappa shape index (κ1) is 20.9. The summed E-state index contributed by atoms with van der Waals surface area (Å²) in [4.78, 5) is 27.3. The van der Waals surface area contributed by atoms with Crippen LogP contribution in [0.25, 0.3) is 0 Å². The van der Waals surface area contributed by atoms with E-state index in [1.165, 1.54) is 0 Å². The molecule has 1 fully saturated rings. The monoisotopic (exact) mass is 399 g/mol. The van der Waals surface area contributed by atoms with Gasteiger partial charge in [-0.25, -0.2) is 0 Å². The van der Waals surface area contributed by atoms with Crippen molar-refractivity contribution < 1.29 is 18.8 Å². The predicted molar refractivity (Wildman–Crippen MR) is 109 cm³/mol. The first-order valence-corrected chi connectivity index (χ1v) is 10.2. The fourth-order valence-corrected chi connectivity index (χ4v) is 3.57. The second-order valence-electron chi connectivity index (χ2n) is 7.47. The number of carbonyl (C=O) groups is 2. The van der Waals surface area contributed by atoms with Crippen LogP contribution < -0.4 is 10.1 Å². The molecule has 0 bridgehead atoms. The average Bonchev–Trinajstić information content (AvgIpc) is 3.07. The van der Waals surface area contributed by atoms with E-state index in [0.717, 1.165) is 30.5 Å². The van der Waals surface area contributed by atoms with E-state index in [1.807, 2.05) is 32.9 Å². The molecule has 7 nitrogen and oxygen atoms in total. The molecule has 1 atom stereocenters. The number of rotatable bonds is 7. The van der Waals surface area contributed by atoms with E-state index in [9.17, 15) is 9.59 Å². The minimum absolute atomic E-state index is 0.0345. The highest BCUT2D eigenvalue weighted by molar-refractivity contribution is 5.97. The smallest absolute Gasteiger partial charge is 0.257 e. The van der Waals surface area contributed by atoms with Gasteiger partial charge in [0, 0.05) is 19.6 Å². The van der Waals surface area contributed by atoms with Crippen molar-refractivity contribution in [1.82, 2.24) is 15.4 Å². The van der Waals surface area contributed by atoms with Gasteiger partial charge in [0.15, 0.2) is 0 Å². The number of hydrogen-bond donors (Lipinski definition) is 1. The first-order valence-electron chi connectivity index (χ1n) is 10.2. The Morgan fingerprint density at radius 2 is 2.10 bits per heavy atom. The number of likely N-dealkylation sites (tertiary alicyclic amines) is 1. The van der Waals surface area contributed by atoms with E-state index in [0.29, 0.717) is 36.7 Å². The third kappa shape index (κ3) is 4.96. The zero-order chi connectivity index (χ0) is 20.8. The molecule has 2 heterocycles. The minimum Gasteiger partial charge on any atom is -0.488 e. The second-order valence-corrected chi connectivity index (χ2v) is 7.47. The summed E-state index contributed by atoms with van der Waals surface area (Å²) >= 11 is 0. The normalized spacial score (nSPS) is 16.5. The van der Waals surface area contributed by atoms with Gasteiger partial charge in [-0.1, -0.05) is 24.2 Å². The number of aryl methyl sites for hydroxylation is 2. The van der Waals surface area contributed by atoms with Gasteiger partial charge < -0.3 is 19.5 Å². The number of amides is 2. The number of piperidine rings is 1. The van der Waals surface area contributed by atoms with E-state index in [1.54, 1.807) is 17.0 Å². The minimum atomic E-state index is -0.158. The van der Waals surface area contributed by atoms with Crippen LogP contribution >= 0.6 is 0 Å². The molecular weight excluding hydrogens is 370 g/mol. The molecule has 1 saturated heterocycles. The molecule has 7 heteroatoms. The summed E-state index contributed by atoms with van der Waals surface area (Å²) in [7, 11) is 0. The Kier molecular flexibility index (Phi) is 6.90. The molecule has 1 unspecified atom stereocenters. The van der Waals surface area contributed by atoms with Gasteiger partial charge in [0.25, 0.3) is 5.91 Å². The molecule has 156 valence electrons. The number of para-hydroxylation sites is 1. The molecule has 0 radical (unpaired) electrons. The van der Waals surface area contributed by atoms with Crippen molar-refractivity contribution >= 4 is 11.8 Å². The number of benzene rings is 1. The highest BCUT2D eigenvalue weighted by atomic mass is 16.5. The molecule has 3 rings (SSSR count). The molecule has 1 aliphatic rings. The Morgan fingerprint density at radius 3 is 2.83 bits per heavy atom. The Morgan fingerprint density at radius 1 is 1.31 bits per heavy atom. The third-order valence-electron chi connectivity index (χ3n) is 5.30. The van der Waals surface area contributed by atoms with Crippen molar-refractivity contribution in [2.75, 3.05) is 19.6 Å². The number of aromatic nitrogens is 1. The van der Waals surface area contributed by atoms with Crippen LogP contribution in [0.2, 0.25) is 0 Å². The molecule has 0 spiro atoms. The molecule has 1 aromatic heterocycles. The summed E-state index contributed by atoms with van der Waals surface area (Å²) in [6, 6.07) is 7.23. The summed E-state index contributed by atoms with van der Waals surface area (Å²) in [5.74, 6) is 1.01. The van der Waals surface area contributed by atoms with Crippen LogP contribution in [0.1, 0.15) is 53.6 Å². The van der Waals surface area contributed by atoms with Gasteiger partial charge in [0.1, 0.15) is 18.1 Å². The van der Waals surface area contributed by atoms with Gasteiger partial charge in [-0.2, -0.15) is 0 Å². The zero-order valence-corrected chi connectivity index (χ0v) is 17.4. The van der Waals surface area contributed by atoms with Gasteiger partial charge >= 0.3 is 0 Å². The summed E-state index contributed by atoms with van der Waals surface area (Å²) in [6.07, 6.45) is 2.53. The third-order valence-corrected chi connectivity index (χ3v) is 5.30. The number of nitrogens with one attached hydrogen (secondary N) is 1. The van der Waals surface area contributed by atoms with E-state index in [-0.39, 0.29) is 24.3 Å². The quantitative estimate of drug-likeness (QED) is 0.773. The van der Waals surface area contributed by atoms with E-state index >= 15 is 0 Å². The van der Waals surface area contributed by atoms with E-state index in [4.69, 9.17) is 9.26 Å². The SMILES string of the molecule is CCCNC(=O)C1CCCN(C(=O)c2ccccc2OCc2c(C)noc2C)C1. The molecule has 0 aliphatic carbocycles. The standard InChI is InChI=1S/C22H29N3O4/c1-4-11-23-21(26)17-8-7-12-25(13-17)22(27)18-9-5-6-10-20(18)28-14-19-15(2)24-29-16(19)3/h5-6,9-10,17H,4,7-8,11-14H2,1-3H3,(H,23,26). The molecule has 1 aromatic carbocycles. The van der Waals surface area contributed by atoms with Gasteiger partial charge in [0.2, 0.25) is 5.91 Å². The van der Waals surface area contributed by atoms with Crippen LogP contribution in [-0.4, -0.2) is 41.5 Å². The maximum Gasteiger partial charge on any atom is 0.257 e. The van der Waals surface area contributed by atoms with Crippen molar-refractivity contribution in [3.8, 4) is 5.75 Å². The molecule has 1 N–H and O–H groups in total. The Bertz CT molecular complexity index is 842. The van der Waals surface area contributed by atoms with Crippen molar-refractivity contribution in [2.45, 2.75) is 46.6 Å². The van der Waals surface area contributed by atoms with Crippen molar-refractivity contribution in [2.24, 2.45) is 5.92 Å². The number of nitrogens with zero attached hydrogens (tertiary/aromatic N) is 2. The van der Waals surface area contributed by atoms with Crippen LogP contribution in [-0.2, 0) is 11.4 Å².